The first kappa shape index (κ1) is 19.3. The van der Waals surface area contributed by atoms with Gasteiger partial charge in [-0.3, -0.25) is 14.7 Å². The Bertz CT molecular complexity index is 1160. The summed E-state index contributed by atoms with van der Waals surface area (Å²) in [7, 11) is -3.03. The number of nitrogens with one attached hydrogen (secondary N) is 1. The van der Waals surface area contributed by atoms with Crippen LogP contribution in [0.3, 0.4) is 0 Å². The summed E-state index contributed by atoms with van der Waals surface area (Å²) in [6.45, 7) is 1.74. The Kier molecular flexibility index (Phi) is 5.03. The van der Waals surface area contributed by atoms with Crippen LogP contribution >= 0.6 is 0 Å². The van der Waals surface area contributed by atoms with Crippen LogP contribution in [0.2, 0.25) is 0 Å². The number of rotatable bonds is 6. The first-order valence-corrected chi connectivity index (χ1v) is 9.33. The molecule has 3 rings (SSSR count). The van der Waals surface area contributed by atoms with Crippen molar-refractivity contribution < 1.29 is 22.1 Å². The van der Waals surface area contributed by atoms with Crippen molar-refractivity contribution in [3.05, 3.63) is 64.6 Å². The van der Waals surface area contributed by atoms with Crippen molar-refractivity contribution in [3.8, 4) is 22.7 Å². The Morgan fingerprint density at radius 1 is 1.25 bits per heavy atom. The minimum absolute atomic E-state index is 0.0827. The molecule has 0 atom stereocenters. The van der Waals surface area contributed by atoms with Crippen molar-refractivity contribution in [1.82, 2.24) is 9.55 Å². The fourth-order valence-corrected chi connectivity index (χ4v) is 3.04. The van der Waals surface area contributed by atoms with E-state index in [1.807, 2.05) is 0 Å². The van der Waals surface area contributed by atoms with Crippen molar-refractivity contribution >= 4 is 21.8 Å². The molecule has 11 heteroatoms. The van der Waals surface area contributed by atoms with E-state index in [9.17, 15) is 18.5 Å². The molecule has 0 unspecified atom stereocenters. The molecule has 0 aliphatic carbocycles. The lowest BCUT2D eigenvalue weighted by Crippen LogP contribution is -2.07. The molecule has 146 valence electrons. The summed E-state index contributed by atoms with van der Waals surface area (Å²) in [5.41, 5.74) is 2.44. The SMILES string of the molecule is CNc1ccc([N+](=O)[O-])cc1-n1cnc(-c2ccc(C)cc2OS(=O)(=O)O)c1. The topological polar surface area (TPSA) is 137 Å². The minimum atomic E-state index is -4.72. The highest BCUT2D eigenvalue weighted by atomic mass is 32.3. The number of nitro benzene ring substituents is 1. The van der Waals surface area contributed by atoms with Crippen molar-refractivity contribution in [2.75, 3.05) is 12.4 Å². The van der Waals surface area contributed by atoms with Gasteiger partial charge in [-0.25, -0.2) is 4.98 Å². The number of benzene rings is 2. The van der Waals surface area contributed by atoms with Crippen LogP contribution in [-0.4, -0.2) is 34.5 Å². The molecule has 0 amide bonds. The Hall–Kier alpha value is -3.44. The van der Waals surface area contributed by atoms with Gasteiger partial charge in [-0.15, -0.1) is 0 Å². The number of imidazole rings is 1. The van der Waals surface area contributed by atoms with Gasteiger partial charge in [0.15, 0.2) is 5.75 Å². The van der Waals surface area contributed by atoms with Crippen LogP contribution in [-0.2, 0) is 10.4 Å². The Morgan fingerprint density at radius 2 is 2.00 bits per heavy atom. The standard InChI is InChI=1S/C17H16N4O6S/c1-11-3-5-13(17(7-11)27-28(24,25)26)15-9-20(10-19-15)16-8-12(21(22)23)4-6-14(16)18-2/h3-10,18H,1-2H3,(H,24,25,26). The molecule has 0 saturated carbocycles. The molecule has 0 bridgehead atoms. The lowest BCUT2D eigenvalue weighted by Gasteiger charge is -2.10. The monoisotopic (exact) mass is 404 g/mol. The van der Waals surface area contributed by atoms with E-state index < -0.39 is 15.3 Å². The van der Waals surface area contributed by atoms with Crippen LogP contribution < -0.4 is 9.50 Å². The van der Waals surface area contributed by atoms with Gasteiger partial charge in [0.25, 0.3) is 5.69 Å². The molecule has 2 aromatic carbocycles. The number of hydrogen-bond donors (Lipinski definition) is 2. The average Bonchev–Trinajstić information content (AvgIpc) is 3.09. The van der Waals surface area contributed by atoms with Crippen molar-refractivity contribution in [2.45, 2.75) is 6.92 Å². The fourth-order valence-electron chi connectivity index (χ4n) is 2.68. The molecule has 0 spiro atoms. The molecule has 0 radical (unpaired) electrons. The zero-order valence-corrected chi connectivity index (χ0v) is 15.7. The fraction of sp³-hybridized carbons (Fsp3) is 0.118. The summed E-state index contributed by atoms with van der Waals surface area (Å²) in [6.07, 6.45) is 3.01. The Labute approximate surface area is 160 Å². The van der Waals surface area contributed by atoms with Gasteiger partial charge in [-0.1, -0.05) is 6.07 Å². The van der Waals surface area contributed by atoms with Crippen LogP contribution in [0.4, 0.5) is 11.4 Å². The number of non-ortho nitro benzene ring substituents is 1. The normalized spacial score (nSPS) is 11.2. The van der Waals surface area contributed by atoms with Gasteiger partial charge in [0, 0.05) is 30.9 Å². The van der Waals surface area contributed by atoms with Gasteiger partial charge < -0.3 is 14.1 Å². The zero-order valence-electron chi connectivity index (χ0n) is 14.9. The van der Waals surface area contributed by atoms with Gasteiger partial charge >= 0.3 is 10.4 Å². The Morgan fingerprint density at radius 3 is 2.64 bits per heavy atom. The van der Waals surface area contributed by atoms with Crippen molar-refractivity contribution in [2.24, 2.45) is 0 Å². The summed E-state index contributed by atoms with van der Waals surface area (Å²) >= 11 is 0. The molecule has 0 saturated heterocycles. The van der Waals surface area contributed by atoms with Crippen molar-refractivity contribution in [3.63, 3.8) is 0 Å². The maximum atomic E-state index is 11.1. The van der Waals surface area contributed by atoms with E-state index in [0.717, 1.165) is 5.56 Å². The first-order valence-electron chi connectivity index (χ1n) is 7.96. The highest BCUT2D eigenvalue weighted by Gasteiger charge is 2.17. The third-order valence-electron chi connectivity index (χ3n) is 3.93. The third kappa shape index (κ3) is 4.10. The predicted octanol–water partition coefficient (Wildman–Crippen LogP) is 2.98. The van der Waals surface area contributed by atoms with Gasteiger partial charge in [-0.05, 0) is 30.7 Å². The van der Waals surface area contributed by atoms with E-state index in [1.54, 1.807) is 42.9 Å². The smallest absolute Gasteiger partial charge is 0.386 e. The number of aromatic nitrogens is 2. The molecule has 28 heavy (non-hydrogen) atoms. The second-order valence-electron chi connectivity index (χ2n) is 5.89. The van der Waals surface area contributed by atoms with Crippen LogP contribution in [0.15, 0.2) is 48.9 Å². The third-order valence-corrected chi connectivity index (χ3v) is 4.32. The molecule has 0 aliphatic rings. The summed E-state index contributed by atoms with van der Waals surface area (Å²) in [5, 5.41) is 14.0. The van der Waals surface area contributed by atoms with Gasteiger partial charge in [-0.2, -0.15) is 8.42 Å². The van der Waals surface area contributed by atoms with Crippen LogP contribution in [0.1, 0.15) is 5.56 Å². The quantitative estimate of drug-likeness (QED) is 0.363. The predicted molar refractivity (Wildman–Crippen MR) is 102 cm³/mol. The molecule has 2 N–H and O–H groups in total. The summed E-state index contributed by atoms with van der Waals surface area (Å²) in [5.74, 6) is -0.0827. The summed E-state index contributed by atoms with van der Waals surface area (Å²) in [6, 6.07) is 9.14. The van der Waals surface area contributed by atoms with Gasteiger partial charge in [0.05, 0.1) is 28.3 Å². The number of aryl methyl sites for hydroxylation is 1. The van der Waals surface area contributed by atoms with E-state index in [4.69, 9.17) is 4.55 Å². The first-order chi connectivity index (χ1) is 13.2. The number of anilines is 1. The van der Waals surface area contributed by atoms with Gasteiger partial charge in [0.1, 0.15) is 0 Å². The average molecular weight is 404 g/mol. The second kappa shape index (κ2) is 7.29. The molecule has 0 aliphatic heterocycles. The maximum Gasteiger partial charge on any atom is 0.446 e. The molecular formula is C17H16N4O6S. The number of hydrogen-bond acceptors (Lipinski definition) is 7. The molecule has 1 aromatic heterocycles. The van der Waals surface area contributed by atoms with Crippen LogP contribution in [0.25, 0.3) is 16.9 Å². The molecular weight excluding hydrogens is 388 g/mol. The van der Waals surface area contributed by atoms with Crippen LogP contribution in [0, 0.1) is 17.0 Å². The molecule has 0 fully saturated rings. The second-order valence-corrected chi connectivity index (χ2v) is 6.91. The molecule has 10 nitrogen and oxygen atoms in total. The lowest BCUT2D eigenvalue weighted by molar-refractivity contribution is -0.384. The highest BCUT2D eigenvalue weighted by molar-refractivity contribution is 7.81. The largest absolute Gasteiger partial charge is 0.446 e. The van der Waals surface area contributed by atoms with Gasteiger partial charge in [0.2, 0.25) is 0 Å². The summed E-state index contributed by atoms with van der Waals surface area (Å²) < 4.78 is 37.5. The van der Waals surface area contributed by atoms with E-state index in [1.165, 1.54) is 24.5 Å². The minimum Gasteiger partial charge on any atom is -0.386 e. The van der Waals surface area contributed by atoms with E-state index in [-0.39, 0.29) is 11.4 Å². The number of nitrogens with zero attached hydrogens (tertiary/aromatic N) is 3. The van der Waals surface area contributed by atoms with E-state index in [0.29, 0.717) is 22.6 Å². The van der Waals surface area contributed by atoms with E-state index >= 15 is 0 Å². The van der Waals surface area contributed by atoms with Crippen molar-refractivity contribution in [1.29, 1.82) is 0 Å². The lowest BCUT2D eigenvalue weighted by atomic mass is 10.1. The molecule has 3 aromatic rings. The number of nitro groups is 1. The van der Waals surface area contributed by atoms with E-state index in [2.05, 4.69) is 14.5 Å². The maximum absolute atomic E-state index is 11.1. The molecule has 1 heterocycles. The Balaban J connectivity index is 2.09. The summed E-state index contributed by atoms with van der Waals surface area (Å²) in [4.78, 5) is 14.8. The van der Waals surface area contributed by atoms with Crippen LogP contribution in [0.5, 0.6) is 5.75 Å². The highest BCUT2D eigenvalue weighted by Crippen LogP contribution is 2.32. The zero-order chi connectivity index (χ0) is 20.5.